The number of aromatic amines is 1. The van der Waals surface area contributed by atoms with E-state index in [9.17, 15) is 18.3 Å². The molecule has 0 aliphatic rings. The van der Waals surface area contributed by atoms with Gasteiger partial charge < -0.3 is 10.8 Å². The number of hydrogen-bond acceptors (Lipinski definition) is 3. The van der Waals surface area contributed by atoms with Crippen molar-refractivity contribution in [1.29, 1.82) is 0 Å². The van der Waals surface area contributed by atoms with Crippen LogP contribution in [-0.4, -0.2) is 21.8 Å². The van der Waals surface area contributed by atoms with Gasteiger partial charge in [0.2, 0.25) is 0 Å². The molecule has 0 amide bonds. The molecule has 0 radical (unpaired) electrons. The zero-order chi connectivity index (χ0) is 10.8. The summed E-state index contributed by atoms with van der Waals surface area (Å²) in [5.74, 6) is 0. The van der Waals surface area contributed by atoms with Gasteiger partial charge in [-0.05, 0) is 13.0 Å². The molecule has 4 N–H and O–H groups in total. The molecule has 0 bridgehead atoms. The minimum Gasteiger partial charge on any atom is -0.388 e. The smallest absolute Gasteiger partial charge is 0.388 e. The van der Waals surface area contributed by atoms with Gasteiger partial charge in [0.25, 0.3) is 0 Å². The first-order valence-corrected chi connectivity index (χ1v) is 3.95. The fourth-order valence-corrected chi connectivity index (χ4v) is 1.09. The van der Waals surface area contributed by atoms with E-state index in [0.717, 1.165) is 6.20 Å². The standard InChI is InChI=1S/C7H10F3N3O/c8-7(9,10)6-4(3-12-13-6)5(14)1-2-11/h3,5,14H,1-2,11H2,(H,12,13). The van der Waals surface area contributed by atoms with Gasteiger partial charge in [-0.2, -0.15) is 18.3 Å². The molecule has 1 heterocycles. The minimum atomic E-state index is -4.53. The maximum Gasteiger partial charge on any atom is 0.433 e. The van der Waals surface area contributed by atoms with Crippen LogP contribution in [0.5, 0.6) is 0 Å². The third-order valence-electron chi connectivity index (χ3n) is 1.75. The third-order valence-corrected chi connectivity index (χ3v) is 1.75. The molecule has 1 rings (SSSR count). The molecule has 1 atom stereocenters. The molecule has 14 heavy (non-hydrogen) atoms. The summed E-state index contributed by atoms with van der Waals surface area (Å²) in [6.07, 6.45) is -4.72. The van der Waals surface area contributed by atoms with E-state index >= 15 is 0 Å². The van der Waals surface area contributed by atoms with E-state index < -0.39 is 18.0 Å². The van der Waals surface area contributed by atoms with Crippen molar-refractivity contribution in [2.45, 2.75) is 18.7 Å². The molecular formula is C7H10F3N3O. The summed E-state index contributed by atoms with van der Waals surface area (Å²) in [7, 11) is 0. The number of nitrogens with one attached hydrogen (secondary N) is 1. The van der Waals surface area contributed by atoms with Crippen molar-refractivity contribution >= 4 is 0 Å². The van der Waals surface area contributed by atoms with E-state index in [1.54, 1.807) is 0 Å². The number of aliphatic hydroxyl groups is 1. The molecule has 0 aliphatic carbocycles. The third kappa shape index (κ3) is 2.24. The first kappa shape index (κ1) is 11.0. The second-order valence-electron chi connectivity index (χ2n) is 2.79. The Labute approximate surface area is 77.9 Å². The summed E-state index contributed by atoms with van der Waals surface area (Å²) in [5, 5.41) is 14.4. The number of hydrogen-bond donors (Lipinski definition) is 3. The summed E-state index contributed by atoms with van der Waals surface area (Å²) in [5.41, 5.74) is 3.85. The minimum absolute atomic E-state index is 0.0720. The van der Waals surface area contributed by atoms with Crippen LogP contribution in [0.15, 0.2) is 6.20 Å². The van der Waals surface area contributed by atoms with E-state index in [-0.39, 0.29) is 18.5 Å². The SMILES string of the molecule is NCCC(O)c1cn[nH]c1C(F)(F)F. The van der Waals surface area contributed by atoms with Gasteiger partial charge >= 0.3 is 6.18 Å². The highest BCUT2D eigenvalue weighted by Gasteiger charge is 2.37. The van der Waals surface area contributed by atoms with E-state index in [1.165, 1.54) is 0 Å². The van der Waals surface area contributed by atoms with Crippen LogP contribution in [0.2, 0.25) is 0 Å². The first-order valence-electron chi connectivity index (χ1n) is 3.95. The van der Waals surface area contributed by atoms with Gasteiger partial charge in [0.15, 0.2) is 0 Å². The van der Waals surface area contributed by atoms with Gasteiger partial charge in [-0.1, -0.05) is 0 Å². The van der Waals surface area contributed by atoms with Gasteiger partial charge in [-0.25, -0.2) is 0 Å². The van der Waals surface area contributed by atoms with E-state index in [4.69, 9.17) is 5.73 Å². The number of halogens is 3. The molecule has 0 fully saturated rings. The lowest BCUT2D eigenvalue weighted by Crippen LogP contribution is -2.13. The summed E-state index contributed by atoms with van der Waals surface area (Å²) >= 11 is 0. The lowest BCUT2D eigenvalue weighted by molar-refractivity contribution is -0.142. The molecule has 0 saturated carbocycles. The maximum atomic E-state index is 12.3. The highest BCUT2D eigenvalue weighted by Crippen LogP contribution is 2.33. The molecular weight excluding hydrogens is 199 g/mol. The van der Waals surface area contributed by atoms with Crippen LogP contribution in [-0.2, 0) is 6.18 Å². The second-order valence-corrected chi connectivity index (χ2v) is 2.79. The lowest BCUT2D eigenvalue weighted by atomic mass is 10.1. The number of rotatable bonds is 3. The Balaban J connectivity index is 2.93. The number of nitrogens with two attached hydrogens (primary N) is 1. The van der Waals surface area contributed by atoms with Gasteiger partial charge in [0.05, 0.1) is 12.3 Å². The van der Waals surface area contributed by atoms with Gasteiger partial charge in [0.1, 0.15) is 5.69 Å². The average molecular weight is 209 g/mol. The quantitative estimate of drug-likeness (QED) is 0.689. The normalized spacial score (nSPS) is 14.4. The molecule has 1 unspecified atom stereocenters. The number of aliphatic hydroxyl groups excluding tert-OH is 1. The molecule has 7 heteroatoms. The Morgan fingerprint density at radius 3 is 2.71 bits per heavy atom. The second kappa shape index (κ2) is 3.97. The van der Waals surface area contributed by atoms with Gasteiger partial charge in [-0.15, -0.1) is 0 Å². The topological polar surface area (TPSA) is 74.9 Å². The molecule has 0 aliphatic heterocycles. The Kier molecular flexibility index (Phi) is 3.12. The average Bonchev–Trinajstić information content (AvgIpc) is 2.50. The zero-order valence-corrected chi connectivity index (χ0v) is 7.17. The lowest BCUT2D eigenvalue weighted by Gasteiger charge is -2.11. The maximum absolute atomic E-state index is 12.3. The van der Waals surface area contributed by atoms with Gasteiger partial charge in [-0.3, -0.25) is 5.10 Å². The monoisotopic (exact) mass is 209 g/mol. The summed E-state index contributed by atoms with van der Waals surface area (Å²) < 4.78 is 36.8. The van der Waals surface area contributed by atoms with Crippen molar-refractivity contribution in [3.63, 3.8) is 0 Å². The Hall–Kier alpha value is -1.08. The van der Waals surface area contributed by atoms with Crippen molar-refractivity contribution in [1.82, 2.24) is 10.2 Å². The number of H-pyrrole nitrogens is 1. The highest BCUT2D eigenvalue weighted by atomic mass is 19.4. The van der Waals surface area contributed by atoms with Crippen LogP contribution >= 0.6 is 0 Å². The van der Waals surface area contributed by atoms with E-state index in [2.05, 4.69) is 5.10 Å². The number of nitrogens with zero attached hydrogens (tertiary/aromatic N) is 1. The van der Waals surface area contributed by atoms with Crippen LogP contribution in [0.25, 0.3) is 0 Å². The zero-order valence-electron chi connectivity index (χ0n) is 7.17. The number of aromatic nitrogens is 2. The Morgan fingerprint density at radius 2 is 2.21 bits per heavy atom. The Bertz CT molecular complexity index is 297. The fourth-order valence-electron chi connectivity index (χ4n) is 1.09. The molecule has 0 aromatic carbocycles. The Morgan fingerprint density at radius 1 is 1.57 bits per heavy atom. The van der Waals surface area contributed by atoms with Crippen molar-refractivity contribution < 1.29 is 18.3 Å². The number of alkyl halides is 3. The predicted octanol–water partition coefficient (Wildman–Crippen LogP) is 0.811. The van der Waals surface area contributed by atoms with E-state index in [1.807, 2.05) is 5.10 Å². The largest absolute Gasteiger partial charge is 0.433 e. The van der Waals surface area contributed by atoms with Crippen LogP contribution in [0, 0.1) is 0 Å². The van der Waals surface area contributed by atoms with Crippen molar-refractivity contribution in [3.8, 4) is 0 Å². The van der Waals surface area contributed by atoms with Crippen LogP contribution in [0.3, 0.4) is 0 Å². The fraction of sp³-hybridized carbons (Fsp3) is 0.571. The molecule has 1 aromatic heterocycles. The van der Waals surface area contributed by atoms with E-state index in [0.29, 0.717) is 0 Å². The summed E-state index contributed by atoms with van der Waals surface area (Å²) in [4.78, 5) is 0. The first-order chi connectivity index (χ1) is 6.46. The van der Waals surface area contributed by atoms with Gasteiger partial charge in [0, 0.05) is 5.56 Å². The van der Waals surface area contributed by atoms with Crippen LogP contribution < -0.4 is 5.73 Å². The summed E-state index contributed by atoms with van der Waals surface area (Å²) in [6, 6.07) is 0. The molecule has 0 spiro atoms. The van der Waals surface area contributed by atoms with Crippen molar-refractivity contribution in [2.75, 3.05) is 6.54 Å². The van der Waals surface area contributed by atoms with Crippen molar-refractivity contribution in [3.05, 3.63) is 17.5 Å². The molecule has 1 aromatic rings. The molecule has 0 saturated heterocycles. The predicted molar refractivity (Wildman–Crippen MR) is 42.2 cm³/mol. The van der Waals surface area contributed by atoms with Crippen LogP contribution in [0.4, 0.5) is 13.2 Å². The van der Waals surface area contributed by atoms with Crippen molar-refractivity contribution in [2.24, 2.45) is 5.73 Å². The summed E-state index contributed by atoms with van der Waals surface area (Å²) in [6.45, 7) is 0.115. The molecule has 4 nitrogen and oxygen atoms in total. The highest BCUT2D eigenvalue weighted by molar-refractivity contribution is 5.21. The van der Waals surface area contributed by atoms with Crippen LogP contribution in [0.1, 0.15) is 23.8 Å². The molecule has 80 valence electrons.